The van der Waals surface area contributed by atoms with Gasteiger partial charge in [-0.25, -0.2) is 12.7 Å². The molecule has 1 aromatic heterocycles. The molecule has 0 bridgehead atoms. The van der Waals surface area contributed by atoms with Crippen molar-refractivity contribution in [3.05, 3.63) is 87.6 Å². The average Bonchev–Trinajstić information content (AvgIpc) is 3.25. The van der Waals surface area contributed by atoms with Crippen molar-refractivity contribution in [3.8, 4) is 11.1 Å². The lowest BCUT2D eigenvalue weighted by atomic mass is 9.99. The molecule has 41 heavy (non-hydrogen) atoms. The maximum atomic E-state index is 13.1. The Bertz CT molecular complexity index is 1720. The maximum Gasteiger partial charge on any atom is 0.253 e. The molecule has 0 unspecified atom stereocenters. The van der Waals surface area contributed by atoms with Crippen LogP contribution in [-0.2, 0) is 21.4 Å². The summed E-state index contributed by atoms with van der Waals surface area (Å²) >= 11 is 12.2. The number of nitrogen functional groups attached to an aromatic ring is 1. The van der Waals surface area contributed by atoms with Gasteiger partial charge in [0.05, 0.1) is 29.6 Å². The van der Waals surface area contributed by atoms with E-state index in [1.54, 1.807) is 36.4 Å². The summed E-state index contributed by atoms with van der Waals surface area (Å²) < 4.78 is 31.7. The first-order chi connectivity index (χ1) is 18.8. The Hall–Kier alpha value is -3.08. The van der Waals surface area contributed by atoms with Gasteiger partial charge in [-0.05, 0) is 59.0 Å². The van der Waals surface area contributed by atoms with E-state index >= 15 is 0 Å². The van der Waals surface area contributed by atoms with Crippen LogP contribution in [0.4, 0.5) is 5.69 Å². The van der Waals surface area contributed by atoms with E-state index in [1.165, 1.54) is 12.1 Å². The monoisotopic (exact) mass is 637 g/mol. The molecular formula is C29H30Cl3N3O5S. The zero-order chi connectivity index (χ0) is 29.4. The summed E-state index contributed by atoms with van der Waals surface area (Å²) in [4.78, 5) is 26.1. The largest absolute Gasteiger partial charge is 0.450 e. The first-order valence-corrected chi connectivity index (χ1v) is 15.1. The Labute approximate surface area is 255 Å². The van der Waals surface area contributed by atoms with E-state index in [0.29, 0.717) is 28.0 Å². The fourth-order valence-corrected chi connectivity index (χ4v) is 5.62. The Morgan fingerprint density at radius 1 is 1.02 bits per heavy atom. The molecule has 0 saturated carbocycles. The number of fused-ring (bicyclic) bond motifs is 1. The Morgan fingerprint density at radius 3 is 2.34 bits per heavy atom. The van der Waals surface area contributed by atoms with Gasteiger partial charge in [0.2, 0.25) is 15.8 Å². The minimum atomic E-state index is -3.87. The predicted octanol–water partition coefficient (Wildman–Crippen LogP) is 6.30. The fraction of sp³-hybridized carbons (Fsp3) is 0.241. The quantitative estimate of drug-likeness (QED) is 0.205. The molecular weight excluding hydrogens is 609 g/mol. The lowest BCUT2D eigenvalue weighted by Gasteiger charge is -2.26. The molecule has 0 spiro atoms. The van der Waals surface area contributed by atoms with Gasteiger partial charge in [-0.3, -0.25) is 9.59 Å². The second kappa shape index (κ2) is 12.8. The van der Waals surface area contributed by atoms with Gasteiger partial charge in [-0.2, -0.15) is 0 Å². The number of hydrogen-bond donors (Lipinski definition) is 2. The molecule has 3 aromatic carbocycles. The number of benzene rings is 3. The number of halogens is 3. The number of nitrogens with zero attached hydrogens (tertiary/aromatic N) is 1. The van der Waals surface area contributed by atoms with Crippen LogP contribution in [0, 0.1) is 5.92 Å². The third-order valence-electron chi connectivity index (χ3n) is 6.89. The number of anilines is 1. The van der Waals surface area contributed by atoms with Crippen LogP contribution in [0.2, 0.25) is 10.0 Å². The van der Waals surface area contributed by atoms with Gasteiger partial charge in [-0.1, -0.05) is 67.7 Å². The van der Waals surface area contributed by atoms with E-state index in [1.807, 2.05) is 26.0 Å². The van der Waals surface area contributed by atoms with E-state index in [0.717, 1.165) is 21.7 Å². The normalized spacial score (nSPS) is 12.9. The van der Waals surface area contributed by atoms with Crippen molar-refractivity contribution >= 4 is 74.0 Å². The summed E-state index contributed by atoms with van der Waals surface area (Å²) in [6, 6.07) is 16.0. The van der Waals surface area contributed by atoms with E-state index in [4.69, 9.17) is 39.1 Å². The van der Waals surface area contributed by atoms with Crippen LogP contribution in [0.1, 0.15) is 41.9 Å². The van der Waals surface area contributed by atoms with Gasteiger partial charge in [0.15, 0.2) is 5.76 Å². The molecule has 1 heterocycles. The second-order valence-corrected chi connectivity index (χ2v) is 12.5. The fourth-order valence-electron chi connectivity index (χ4n) is 4.30. The summed E-state index contributed by atoms with van der Waals surface area (Å²) in [6.07, 6.45) is 1.63. The molecule has 2 atom stereocenters. The van der Waals surface area contributed by atoms with Crippen LogP contribution in [0.15, 0.2) is 65.1 Å². The number of sulfonamides is 1. The summed E-state index contributed by atoms with van der Waals surface area (Å²) in [6.45, 7) is 3.54. The number of carbonyl (C=O) groups excluding carboxylic acids is 2. The van der Waals surface area contributed by atoms with Crippen molar-refractivity contribution in [2.75, 3.05) is 12.0 Å². The van der Waals surface area contributed by atoms with Crippen molar-refractivity contribution in [3.63, 3.8) is 0 Å². The number of amides is 1. The molecule has 218 valence electrons. The molecule has 0 aliphatic heterocycles. The van der Waals surface area contributed by atoms with Crippen LogP contribution >= 0.6 is 35.6 Å². The SMILES string of the molecule is CC[C@H](C)[C@@H](N)C(=O)N(Cc1cccc(-c2ccc3c(N)c(C(=O)c4ccc(Cl)cc4Cl)oc3c2)c1)S(C)(=O)=O.Cl. The van der Waals surface area contributed by atoms with Crippen molar-refractivity contribution in [2.45, 2.75) is 32.9 Å². The third-order valence-corrected chi connectivity index (χ3v) is 8.54. The minimum Gasteiger partial charge on any atom is -0.450 e. The second-order valence-electron chi connectivity index (χ2n) is 9.73. The zero-order valence-electron chi connectivity index (χ0n) is 22.6. The van der Waals surface area contributed by atoms with Crippen LogP contribution < -0.4 is 11.5 Å². The summed E-state index contributed by atoms with van der Waals surface area (Å²) in [5.41, 5.74) is 15.2. The lowest BCUT2D eigenvalue weighted by Crippen LogP contribution is -2.48. The smallest absolute Gasteiger partial charge is 0.253 e. The summed E-state index contributed by atoms with van der Waals surface area (Å²) in [7, 11) is -3.87. The molecule has 4 N–H and O–H groups in total. The number of rotatable bonds is 9. The molecule has 0 fully saturated rings. The highest BCUT2D eigenvalue weighted by Gasteiger charge is 2.31. The van der Waals surface area contributed by atoms with E-state index in [9.17, 15) is 18.0 Å². The standard InChI is InChI=1S/C29H29Cl2N3O5S.ClH/c1-4-16(2)25(32)29(36)34(40(3,37)38)15-17-6-5-7-18(12-17)19-8-10-22-24(13-19)39-28(26(22)33)27(35)21-11-9-20(30)14-23(21)31;/h5-14,16,25H,4,15,32-33H2,1-3H3;1H/t16-,25+;/m0./s1. The van der Waals surface area contributed by atoms with Crippen molar-refractivity contribution in [1.82, 2.24) is 4.31 Å². The topological polar surface area (TPSA) is 137 Å². The number of carbonyl (C=O) groups is 2. The van der Waals surface area contributed by atoms with Gasteiger partial charge < -0.3 is 15.9 Å². The molecule has 12 heteroatoms. The van der Waals surface area contributed by atoms with Crippen LogP contribution in [-0.4, -0.2) is 36.7 Å². The van der Waals surface area contributed by atoms with Gasteiger partial charge in [-0.15, -0.1) is 12.4 Å². The molecule has 8 nitrogen and oxygen atoms in total. The molecule has 0 aliphatic carbocycles. The number of furan rings is 1. The van der Waals surface area contributed by atoms with Crippen LogP contribution in [0.5, 0.6) is 0 Å². The van der Waals surface area contributed by atoms with Crippen molar-refractivity contribution in [1.29, 1.82) is 0 Å². The van der Waals surface area contributed by atoms with Gasteiger partial charge in [0.1, 0.15) is 5.58 Å². The first kappa shape index (κ1) is 32.4. The Balaban J connectivity index is 0.00000462. The third kappa shape index (κ3) is 6.88. The lowest BCUT2D eigenvalue weighted by molar-refractivity contribution is -0.129. The zero-order valence-corrected chi connectivity index (χ0v) is 25.7. The van der Waals surface area contributed by atoms with Crippen LogP contribution in [0.3, 0.4) is 0 Å². The summed E-state index contributed by atoms with van der Waals surface area (Å²) in [5, 5.41) is 1.14. The van der Waals surface area contributed by atoms with E-state index in [2.05, 4.69) is 0 Å². The molecule has 1 amide bonds. The maximum absolute atomic E-state index is 13.1. The highest BCUT2D eigenvalue weighted by atomic mass is 35.5. The van der Waals surface area contributed by atoms with E-state index < -0.39 is 27.8 Å². The highest BCUT2D eigenvalue weighted by molar-refractivity contribution is 7.88. The molecule has 0 radical (unpaired) electrons. The Morgan fingerprint density at radius 2 is 1.71 bits per heavy atom. The van der Waals surface area contributed by atoms with E-state index in [-0.39, 0.29) is 46.9 Å². The molecule has 0 aliphatic rings. The van der Waals surface area contributed by atoms with Crippen molar-refractivity contribution < 1.29 is 22.4 Å². The number of nitrogens with two attached hydrogens (primary N) is 2. The Kier molecular flexibility index (Phi) is 10.2. The molecule has 4 aromatic rings. The first-order valence-electron chi connectivity index (χ1n) is 12.5. The minimum absolute atomic E-state index is 0. The average molecular weight is 639 g/mol. The van der Waals surface area contributed by atoms with Gasteiger partial charge in [0.25, 0.3) is 5.91 Å². The van der Waals surface area contributed by atoms with Crippen molar-refractivity contribution in [2.24, 2.45) is 11.7 Å². The molecule has 4 rings (SSSR count). The summed E-state index contributed by atoms with van der Waals surface area (Å²) in [5.74, 6) is -1.33. The highest BCUT2D eigenvalue weighted by Crippen LogP contribution is 2.35. The molecule has 0 saturated heterocycles. The van der Waals surface area contributed by atoms with Gasteiger partial charge >= 0.3 is 0 Å². The van der Waals surface area contributed by atoms with Gasteiger partial charge in [0, 0.05) is 16.0 Å². The number of hydrogen-bond acceptors (Lipinski definition) is 7. The number of ketones is 1. The predicted molar refractivity (Wildman–Crippen MR) is 166 cm³/mol. The van der Waals surface area contributed by atoms with Crippen LogP contribution in [0.25, 0.3) is 22.1 Å².